The maximum absolute atomic E-state index is 12.1. The van der Waals surface area contributed by atoms with E-state index in [1.165, 1.54) is 6.42 Å². The number of nitrogens with zero attached hydrogens (tertiary/aromatic N) is 2. The minimum absolute atomic E-state index is 0.0253. The summed E-state index contributed by atoms with van der Waals surface area (Å²) in [7, 11) is 0. The molecule has 0 aromatic carbocycles. The summed E-state index contributed by atoms with van der Waals surface area (Å²) in [5.41, 5.74) is 6.44. The van der Waals surface area contributed by atoms with Crippen LogP contribution in [0.3, 0.4) is 0 Å². The van der Waals surface area contributed by atoms with Crippen LogP contribution in [0, 0.1) is 5.92 Å². The summed E-state index contributed by atoms with van der Waals surface area (Å²) >= 11 is 0. The van der Waals surface area contributed by atoms with Crippen LogP contribution >= 0.6 is 0 Å². The summed E-state index contributed by atoms with van der Waals surface area (Å²) < 4.78 is 7.21. The molecule has 1 aromatic heterocycles. The quantitative estimate of drug-likeness (QED) is 0.849. The Labute approximate surface area is 114 Å². The maximum atomic E-state index is 12.1. The van der Waals surface area contributed by atoms with E-state index in [0.717, 1.165) is 25.7 Å². The first-order chi connectivity index (χ1) is 9.13. The Morgan fingerprint density at radius 1 is 1.53 bits per heavy atom. The molecule has 0 spiro atoms. The molecule has 1 aliphatic rings. The number of nitrogen functional groups attached to an aromatic ring is 1. The molecule has 2 atom stereocenters. The Balaban J connectivity index is 1.98. The van der Waals surface area contributed by atoms with E-state index in [0.29, 0.717) is 18.2 Å². The number of carbonyl (C=O) groups is 1. The molecule has 0 amide bonds. The van der Waals surface area contributed by atoms with Gasteiger partial charge in [0.1, 0.15) is 6.10 Å². The fourth-order valence-electron chi connectivity index (χ4n) is 2.68. The minimum atomic E-state index is -0.383. The zero-order valence-corrected chi connectivity index (χ0v) is 11.8. The number of nitrogens with two attached hydrogens (primary N) is 1. The van der Waals surface area contributed by atoms with Crippen LogP contribution in [0.15, 0.2) is 6.20 Å². The molecule has 1 aliphatic carbocycles. The molecule has 19 heavy (non-hydrogen) atoms. The van der Waals surface area contributed by atoms with Crippen LogP contribution in [0.5, 0.6) is 0 Å². The first kappa shape index (κ1) is 13.9. The van der Waals surface area contributed by atoms with Gasteiger partial charge in [-0.25, -0.2) is 4.79 Å². The largest absolute Gasteiger partial charge is 0.458 e. The lowest BCUT2D eigenvalue weighted by Crippen LogP contribution is -2.26. The van der Waals surface area contributed by atoms with Gasteiger partial charge in [0.05, 0.1) is 5.69 Å². The van der Waals surface area contributed by atoms with Gasteiger partial charge in [-0.3, -0.25) is 4.68 Å². The Bertz CT molecular complexity index is 442. The first-order valence-corrected chi connectivity index (χ1v) is 7.17. The highest BCUT2D eigenvalue weighted by Crippen LogP contribution is 2.29. The third-order valence-electron chi connectivity index (χ3n) is 3.89. The highest BCUT2D eigenvalue weighted by Gasteiger charge is 2.26. The normalized spacial score (nSPS) is 23.3. The van der Waals surface area contributed by atoms with Crippen molar-refractivity contribution in [2.24, 2.45) is 5.92 Å². The van der Waals surface area contributed by atoms with Gasteiger partial charge in [-0.1, -0.05) is 19.8 Å². The summed E-state index contributed by atoms with van der Waals surface area (Å²) in [6.45, 7) is 4.84. The molecule has 1 fully saturated rings. The van der Waals surface area contributed by atoms with Crippen LogP contribution < -0.4 is 5.73 Å². The average Bonchev–Trinajstić information content (AvgIpc) is 2.80. The van der Waals surface area contributed by atoms with Gasteiger partial charge in [0.15, 0.2) is 5.69 Å². The van der Waals surface area contributed by atoms with Crippen LogP contribution in [0.1, 0.15) is 56.4 Å². The highest BCUT2D eigenvalue weighted by atomic mass is 16.5. The third kappa shape index (κ3) is 3.28. The second kappa shape index (κ2) is 6.08. The van der Waals surface area contributed by atoms with Gasteiger partial charge in [0, 0.05) is 12.7 Å². The number of rotatable bonds is 4. The number of aromatic nitrogens is 2. The second-order valence-electron chi connectivity index (χ2n) is 5.26. The summed E-state index contributed by atoms with van der Waals surface area (Å²) in [5, 5.41) is 4.15. The molecule has 2 unspecified atom stereocenters. The van der Waals surface area contributed by atoms with Crippen molar-refractivity contribution < 1.29 is 9.53 Å². The van der Waals surface area contributed by atoms with Crippen LogP contribution in [-0.4, -0.2) is 21.9 Å². The molecule has 2 N–H and O–H groups in total. The first-order valence-electron chi connectivity index (χ1n) is 7.17. The molecule has 0 radical (unpaired) electrons. The molecule has 1 heterocycles. The number of ether oxygens (including phenoxy) is 1. The zero-order valence-electron chi connectivity index (χ0n) is 11.8. The average molecular weight is 265 g/mol. The van der Waals surface area contributed by atoms with E-state index in [4.69, 9.17) is 10.5 Å². The molecule has 1 aromatic rings. The number of carbonyl (C=O) groups excluding carboxylic acids is 1. The molecule has 2 rings (SSSR count). The van der Waals surface area contributed by atoms with Crippen molar-refractivity contribution in [1.29, 1.82) is 0 Å². The summed E-state index contributed by atoms with van der Waals surface area (Å²) in [6, 6.07) is 0. The number of hydrogen-bond acceptors (Lipinski definition) is 4. The van der Waals surface area contributed by atoms with Crippen LogP contribution in [0.4, 0.5) is 5.69 Å². The maximum Gasteiger partial charge on any atom is 0.361 e. The molecule has 0 bridgehead atoms. The van der Waals surface area contributed by atoms with E-state index in [1.54, 1.807) is 10.9 Å². The number of hydrogen-bond donors (Lipinski definition) is 1. The Hall–Kier alpha value is -1.52. The standard InChI is InChI=1S/C14H23N3O2/c1-3-10-6-5-7-11(8-10)19-14(18)13-12(15)9-17(4-2)16-13/h9-11H,3-8,15H2,1-2H3. The van der Waals surface area contributed by atoms with E-state index in [2.05, 4.69) is 12.0 Å². The topological polar surface area (TPSA) is 70.1 Å². The van der Waals surface area contributed by atoms with Crippen LogP contribution in [0.2, 0.25) is 0 Å². The molecular weight excluding hydrogens is 242 g/mol. The fourth-order valence-corrected chi connectivity index (χ4v) is 2.68. The molecule has 106 valence electrons. The summed E-state index contributed by atoms with van der Waals surface area (Å²) in [4.78, 5) is 12.1. The van der Waals surface area contributed by atoms with Gasteiger partial charge in [-0.15, -0.1) is 0 Å². The van der Waals surface area contributed by atoms with Crippen molar-refractivity contribution in [2.75, 3.05) is 5.73 Å². The molecule has 5 heteroatoms. The second-order valence-corrected chi connectivity index (χ2v) is 5.26. The lowest BCUT2D eigenvalue weighted by atomic mass is 9.85. The monoisotopic (exact) mass is 265 g/mol. The summed E-state index contributed by atoms with van der Waals surface area (Å²) in [6.07, 6.45) is 7.16. The van der Waals surface area contributed by atoms with Gasteiger partial charge in [-0.2, -0.15) is 5.10 Å². The molecule has 1 saturated carbocycles. The van der Waals surface area contributed by atoms with Crippen molar-refractivity contribution in [3.8, 4) is 0 Å². The van der Waals surface area contributed by atoms with Crippen molar-refractivity contribution >= 4 is 11.7 Å². The fraction of sp³-hybridized carbons (Fsp3) is 0.714. The number of aryl methyl sites for hydroxylation is 1. The SMILES string of the molecule is CCC1CCCC(OC(=O)c2nn(CC)cc2N)C1. The Morgan fingerprint density at radius 3 is 2.95 bits per heavy atom. The van der Waals surface area contributed by atoms with E-state index < -0.39 is 0 Å². The highest BCUT2D eigenvalue weighted by molar-refractivity contribution is 5.92. The van der Waals surface area contributed by atoms with E-state index >= 15 is 0 Å². The van der Waals surface area contributed by atoms with Crippen molar-refractivity contribution in [2.45, 2.75) is 58.6 Å². The lowest BCUT2D eigenvalue weighted by molar-refractivity contribution is 0.0134. The molecular formula is C14H23N3O2. The van der Waals surface area contributed by atoms with E-state index in [-0.39, 0.29) is 17.8 Å². The van der Waals surface area contributed by atoms with Crippen molar-refractivity contribution in [3.05, 3.63) is 11.9 Å². The predicted octanol–water partition coefficient (Wildman–Crippen LogP) is 2.61. The van der Waals surface area contributed by atoms with Gasteiger partial charge in [-0.05, 0) is 32.1 Å². The number of anilines is 1. The smallest absolute Gasteiger partial charge is 0.361 e. The van der Waals surface area contributed by atoms with E-state index in [1.807, 2.05) is 6.92 Å². The van der Waals surface area contributed by atoms with Crippen molar-refractivity contribution in [3.63, 3.8) is 0 Å². The van der Waals surface area contributed by atoms with Crippen LogP contribution in [-0.2, 0) is 11.3 Å². The van der Waals surface area contributed by atoms with E-state index in [9.17, 15) is 4.79 Å². The Morgan fingerprint density at radius 2 is 2.32 bits per heavy atom. The third-order valence-corrected chi connectivity index (χ3v) is 3.89. The van der Waals surface area contributed by atoms with Gasteiger partial charge < -0.3 is 10.5 Å². The van der Waals surface area contributed by atoms with Gasteiger partial charge in [0.25, 0.3) is 0 Å². The van der Waals surface area contributed by atoms with Gasteiger partial charge >= 0.3 is 5.97 Å². The van der Waals surface area contributed by atoms with Gasteiger partial charge in [0.2, 0.25) is 0 Å². The minimum Gasteiger partial charge on any atom is -0.458 e. The molecule has 5 nitrogen and oxygen atoms in total. The Kier molecular flexibility index (Phi) is 4.45. The zero-order chi connectivity index (χ0) is 13.8. The lowest BCUT2D eigenvalue weighted by Gasteiger charge is -2.27. The van der Waals surface area contributed by atoms with Crippen LogP contribution in [0.25, 0.3) is 0 Å². The molecule has 0 saturated heterocycles. The van der Waals surface area contributed by atoms with Crippen molar-refractivity contribution in [1.82, 2.24) is 9.78 Å². The number of esters is 1. The summed E-state index contributed by atoms with van der Waals surface area (Å²) in [5.74, 6) is 0.295. The molecule has 0 aliphatic heterocycles. The predicted molar refractivity (Wildman–Crippen MR) is 73.8 cm³/mol.